The summed E-state index contributed by atoms with van der Waals surface area (Å²) in [6.45, 7) is 3.21. The third-order valence-electron chi connectivity index (χ3n) is 6.37. The molecule has 2 N–H and O–H groups in total. The maximum Gasteiger partial charge on any atom is 0.235 e. The number of halogens is 1. The summed E-state index contributed by atoms with van der Waals surface area (Å²) in [5.41, 5.74) is 1.20. The standard InChI is InChI=1S/C22H29ClN2O3/c1-15(26)11-25-12-18(20-17(23)9-6-10-19(20)25)24-21(27)22(13-28-14-22)16-7-4-2-3-5-8-16/h6,9-10,12,15-16,26H,2-5,7-8,11,13-14H2,1H3,(H,24,27). The quantitative estimate of drug-likeness (QED) is 0.716. The maximum atomic E-state index is 13.4. The van der Waals surface area contributed by atoms with Crippen molar-refractivity contribution in [2.45, 2.75) is 58.1 Å². The van der Waals surface area contributed by atoms with E-state index in [2.05, 4.69) is 5.32 Å². The van der Waals surface area contributed by atoms with Crippen molar-refractivity contribution in [3.8, 4) is 0 Å². The molecule has 5 nitrogen and oxygen atoms in total. The molecular formula is C22H29ClN2O3. The third kappa shape index (κ3) is 3.56. The number of carbonyl (C=O) groups is 1. The molecule has 1 aliphatic carbocycles. The van der Waals surface area contributed by atoms with E-state index in [1.807, 2.05) is 29.0 Å². The van der Waals surface area contributed by atoms with Gasteiger partial charge in [-0.2, -0.15) is 0 Å². The Morgan fingerprint density at radius 1 is 1.32 bits per heavy atom. The molecule has 1 aliphatic heterocycles. The van der Waals surface area contributed by atoms with E-state index in [-0.39, 0.29) is 5.91 Å². The number of nitrogens with zero attached hydrogens (tertiary/aromatic N) is 1. The number of nitrogens with one attached hydrogen (secondary N) is 1. The van der Waals surface area contributed by atoms with E-state index in [0.29, 0.717) is 36.4 Å². The molecule has 2 heterocycles. The van der Waals surface area contributed by atoms with Crippen LogP contribution in [-0.4, -0.2) is 34.9 Å². The van der Waals surface area contributed by atoms with Gasteiger partial charge in [-0.1, -0.05) is 43.4 Å². The summed E-state index contributed by atoms with van der Waals surface area (Å²) < 4.78 is 7.49. The molecule has 152 valence electrons. The number of hydrogen-bond donors (Lipinski definition) is 2. The van der Waals surface area contributed by atoms with Gasteiger partial charge in [0.05, 0.1) is 41.0 Å². The Morgan fingerprint density at radius 3 is 2.64 bits per heavy atom. The van der Waals surface area contributed by atoms with Gasteiger partial charge in [0, 0.05) is 18.1 Å². The lowest BCUT2D eigenvalue weighted by atomic mass is 9.69. The van der Waals surface area contributed by atoms with Crippen LogP contribution in [-0.2, 0) is 16.1 Å². The summed E-state index contributed by atoms with van der Waals surface area (Å²) in [7, 11) is 0. The maximum absolute atomic E-state index is 13.4. The summed E-state index contributed by atoms with van der Waals surface area (Å²) in [5.74, 6) is 0.423. The normalized spacial score (nSPS) is 21.1. The Hall–Kier alpha value is -1.56. The van der Waals surface area contributed by atoms with Crippen LogP contribution in [0.5, 0.6) is 0 Å². The van der Waals surface area contributed by atoms with Crippen LogP contribution in [0, 0.1) is 11.3 Å². The van der Waals surface area contributed by atoms with Crippen molar-refractivity contribution in [1.29, 1.82) is 0 Å². The largest absolute Gasteiger partial charge is 0.392 e. The highest BCUT2D eigenvalue weighted by molar-refractivity contribution is 6.36. The highest BCUT2D eigenvalue weighted by Gasteiger charge is 2.51. The molecule has 28 heavy (non-hydrogen) atoms. The zero-order valence-corrected chi connectivity index (χ0v) is 17.2. The molecule has 1 aromatic heterocycles. The highest BCUT2D eigenvalue weighted by atomic mass is 35.5. The van der Waals surface area contributed by atoms with Crippen LogP contribution in [0.4, 0.5) is 5.69 Å². The van der Waals surface area contributed by atoms with Crippen molar-refractivity contribution in [2.75, 3.05) is 18.5 Å². The zero-order chi connectivity index (χ0) is 19.7. The summed E-state index contributed by atoms with van der Waals surface area (Å²) in [5, 5.41) is 14.4. The second kappa shape index (κ2) is 8.05. The first kappa shape index (κ1) is 19.7. The smallest absolute Gasteiger partial charge is 0.235 e. The summed E-state index contributed by atoms with van der Waals surface area (Å²) in [4.78, 5) is 13.4. The third-order valence-corrected chi connectivity index (χ3v) is 6.69. The van der Waals surface area contributed by atoms with Crippen molar-refractivity contribution >= 4 is 34.1 Å². The number of fused-ring (bicyclic) bond motifs is 1. The van der Waals surface area contributed by atoms with Gasteiger partial charge in [0.2, 0.25) is 5.91 Å². The predicted octanol–water partition coefficient (Wildman–Crippen LogP) is 4.60. The minimum Gasteiger partial charge on any atom is -0.392 e. The number of aromatic nitrogens is 1. The van der Waals surface area contributed by atoms with Crippen LogP contribution in [0.15, 0.2) is 24.4 Å². The van der Waals surface area contributed by atoms with E-state index in [1.54, 1.807) is 6.92 Å². The van der Waals surface area contributed by atoms with E-state index in [1.165, 1.54) is 25.7 Å². The first-order valence-corrected chi connectivity index (χ1v) is 10.7. The van der Waals surface area contributed by atoms with Crippen LogP contribution in [0.2, 0.25) is 5.02 Å². The van der Waals surface area contributed by atoms with Crippen LogP contribution < -0.4 is 5.32 Å². The van der Waals surface area contributed by atoms with Gasteiger partial charge in [-0.15, -0.1) is 0 Å². The number of hydrogen-bond acceptors (Lipinski definition) is 3. The molecule has 2 fully saturated rings. The van der Waals surface area contributed by atoms with E-state index in [0.717, 1.165) is 23.7 Å². The van der Waals surface area contributed by atoms with Crippen LogP contribution in [0.1, 0.15) is 45.4 Å². The molecule has 1 amide bonds. The number of rotatable bonds is 5. The van der Waals surface area contributed by atoms with Crippen molar-refractivity contribution in [3.05, 3.63) is 29.4 Å². The monoisotopic (exact) mass is 404 g/mol. The van der Waals surface area contributed by atoms with Gasteiger partial charge in [0.15, 0.2) is 0 Å². The second-order valence-electron chi connectivity index (χ2n) is 8.47. The fraction of sp³-hybridized carbons (Fsp3) is 0.591. The lowest BCUT2D eigenvalue weighted by molar-refractivity contribution is -0.170. The molecule has 0 radical (unpaired) electrons. The van der Waals surface area contributed by atoms with E-state index in [9.17, 15) is 9.90 Å². The van der Waals surface area contributed by atoms with Crippen molar-refractivity contribution < 1.29 is 14.6 Å². The Morgan fingerprint density at radius 2 is 2.04 bits per heavy atom. The number of amides is 1. The van der Waals surface area contributed by atoms with Gasteiger partial charge < -0.3 is 19.7 Å². The lowest BCUT2D eigenvalue weighted by Crippen LogP contribution is -2.56. The number of aliphatic hydroxyl groups excluding tert-OH is 1. The average molecular weight is 405 g/mol. The summed E-state index contributed by atoms with van der Waals surface area (Å²) in [6, 6.07) is 5.69. The molecule has 1 saturated carbocycles. The number of benzene rings is 1. The van der Waals surface area contributed by atoms with E-state index >= 15 is 0 Å². The Labute approximate surface area is 171 Å². The molecule has 1 aromatic carbocycles. The summed E-state index contributed by atoms with van der Waals surface area (Å²) >= 11 is 6.48. The molecule has 1 saturated heterocycles. The fourth-order valence-electron chi connectivity index (χ4n) is 4.79. The summed E-state index contributed by atoms with van der Waals surface area (Å²) in [6.07, 6.45) is 8.51. The van der Waals surface area contributed by atoms with Gasteiger partial charge >= 0.3 is 0 Å². The van der Waals surface area contributed by atoms with Gasteiger partial charge in [-0.3, -0.25) is 4.79 Å². The molecular weight excluding hydrogens is 376 g/mol. The van der Waals surface area contributed by atoms with E-state index in [4.69, 9.17) is 16.3 Å². The SMILES string of the molecule is CC(O)Cn1cc(NC(=O)C2(C3CCCCCC3)COC2)c2c(Cl)cccc21. The van der Waals surface area contributed by atoms with Crippen LogP contribution in [0.3, 0.4) is 0 Å². The highest BCUT2D eigenvalue weighted by Crippen LogP contribution is 2.44. The van der Waals surface area contributed by atoms with Crippen molar-refractivity contribution in [3.63, 3.8) is 0 Å². The Balaban J connectivity index is 1.64. The predicted molar refractivity (Wildman–Crippen MR) is 112 cm³/mol. The Bertz CT molecular complexity index is 849. The van der Waals surface area contributed by atoms with Gasteiger partial charge in [0.25, 0.3) is 0 Å². The topological polar surface area (TPSA) is 63.5 Å². The van der Waals surface area contributed by atoms with Crippen LogP contribution >= 0.6 is 11.6 Å². The molecule has 0 spiro atoms. The number of anilines is 1. The first-order valence-electron chi connectivity index (χ1n) is 10.4. The second-order valence-corrected chi connectivity index (χ2v) is 8.88. The van der Waals surface area contributed by atoms with Crippen molar-refractivity contribution in [1.82, 2.24) is 4.57 Å². The minimum atomic E-state index is -0.490. The number of aliphatic hydroxyl groups is 1. The van der Waals surface area contributed by atoms with Gasteiger partial charge in [0.1, 0.15) is 0 Å². The molecule has 1 atom stereocenters. The molecule has 1 unspecified atom stereocenters. The van der Waals surface area contributed by atoms with Gasteiger partial charge in [-0.05, 0) is 37.8 Å². The zero-order valence-electron chi connectivity index (χ0n) is 16.4. The molecule has 0 bridgehead atoms. The molecule has 2 aliphatic rings. The first-order chi connectivity index (χ1) is 13.5. The fourth-order valence-corrected chi connectivity index (χ4v) is 5.06. The molecule has 2 aromatic rings. The van der Waals surface area contributed by atoms with Gasteiger partial charge in [-0.25, -0.2) is 0 Å². The van der Waals surface area contributed by atoms with Crippen molar-refractivity contribution in [2.24, 2.45) is 11.3 Å². The lowest BCUT2D eigenvalue weighted by Gasteiger charge is -2.45. The molecule has 4 rings (SSSR count). The van der Waals surface area contributed by atoms with E-state index < -0.39 is 11.5 Å². The average Bonchev–Trinajstić information content (AvgIpc) is 2.79. The number of carbonyl (C=O) groups excluding carboxylic acids is 1. The number of ether oxygens (including phenoxy) is 1. The van der Waals surface area contributed by atoms with Crippen LogP contribution in [0.25, 0.3) is 10.9 Å². The minimum absolute atomic E-state index is 0.0432. The Kier molecular flexibility index (Phi) is 5.68. The molecule has 6 heteroatoms.